The van der Waals surface area contributed by atoms with Crippen molar-refractivity contribution in [2.75, 3.05) is 32.9 Å². The lowest BCUT2D eigenvalue weighted by Crippen LogP contribution is -2.41. The molecule has 0 aliphatic carbocycles. The van der Waals surface area contributed by atoms with Crippen molar-refractivity contribution in [1.82, 2.24) is 9.80 Å². The molecule has 3 nitrogen and oxygen atoms in total. The molecule has 4 heteroatoms. The summed E-state index contributed by atoms with van der Waals surface area (Å²) in [7, 11) is 4.33. The van der Waals surface area contributed by atoms with Crippen LogP contribution in [-0.4, -0.2) is 43.0 Å². The molecule has 1 fully saturated rings. The molecule has 0 atom stereocenters. The van der Waals surface area contributed by atoms with Crippen LogP contribution in [0.3, 0.4) is 0 Å². The molecule has 2 rings (SSSR count). The smallest absolute Gasteiger partial charge is 0.0638 e. The second-order valence-corrected chi connectivity index (χ2v) is 5.73. The number of nitrogens with zero attached hydrogens (tertiary/aromatic N) is 2. The Morgan fingerprint density at radius 1 is 1.33 bits per heavy atom. The molecule has 1 saturated heterocycles. The third kappa shape index (κ3) is 3.37. The summed E-state index contributed by atoms with van der Waals surface area (Å²) < 4.78 is 0. The second kappa shape index (κ2) is 5.91. The Morgan fingerprint density at radius 3 is 2.56 bits per heavy atom. The van der Waals surface area contributed by atoms with Gasteiger partial charge in [-0.2, -0.15) is 0 Å². The topological polar surface area (TPSA) is 32.5 Å². The zero-order valence-corrected chi connectivity index (χ0v) is 12.0. The van der Waals surface area contributed by atoms with Gasteiger partial charge in [0.15, 0.2) is 0 Å². The largest absolute Gasteiger partial charge is 0.398 e. The van der Waals surface area contributed by atoms with E-state index < -0.39 is 0 Å². The predicted octanol–water partition coefficient (Wildman–Crippen LogP) is 2.45. The molecule has 1 heterocycles. The molecule has 18 heavy (non-hydrogen) atoms. The lowest BCUT2D eigenvalue weighted by Gasteiger charge is -2.35. The molecule has 0 bridgehead atoms. The highest BCUT2D eigenvalue weighted by atomic mass is 35.5. The van der Waals surface area contributed by atoms with Crippen LogP contribution in [-0.2, 0) is 6.54 Å². The van der Waals surface area contributed by atoms with Crippen LogP contribution in [0.4, 0.5) is 5.69 Å². The number of anilines is 1. The van der Waals surface area contributed by atoms with E-state index in [9.17, 15) is 0 Å². The van der Waals surface area contributed by atoms with E-state index in [0.29, 0.717) is 10.7 Å². The molecule has 1 aliphatic heterocycles. The fourth-order valence-electron chi connectivity index (χ4n) is 2.52. The fraction of sp³-hybridized carbons (Fsp3) is 0.571. The Bertz CT molecular complexity index is 398. The Hall–Kier alpha value is -0.770. The predicted molar refractivity (Wildman–Crippen MR) is 77.9 cm³/mol. The SMILES string of the molecule is CN(C)C1CCN(Cc2ccc(N)c(Cl)c2)CC1. The van der Waals surface area contributed by atoms with E-state index in [0.717, 1.165) is 25.7 Å². The van der Waals surface area contributed by atoms with Crippen LogP contribution in [0.1, 0.15) is 18.4 Å². The highest BCUT2D eigenvalue weighted by Crippen LogP contribution is 2.22. The van der Waals surface area contributed by atoms with Crippen molar-refractivity contribution in [3.8, 4) is 0 Å². The van der Waals surface area contributed by atoms with Gasteiger partial charge in [0.2, 0.25) is 0 Å². The number of piperidine rings is 1. The Morgan fingerprint density at radius 2 is 2.00 bits per heavy atom. The van der Waals surface area contributed by atoms with Crippen LogP contribution in [0.15, 0.2) is 18.2 Å². The minimum Gasteiger partial charge on any atom is -0.398 e. The van der Waals surface area contributed by atoms with Crippen LogP contribution >= 0.6 is 11.6 Å². The van der Waals surface area contributed by atoms with Gasteiger partial charge in [0.25, 0.3) is 0 Å². The summed E-state index contributed by atoms with van der Waals surface area (Å²) in [4.78, 5) is 4.82. The summed E-state index contributed by atoms with van der Waals surface area (Å²) in [6, 6.07) is 6.68. The van der Waals surface area contributed by atoms with Gasteiger partial charge in [0.1, 0.15) is 0 Å². The van der Waals surface area contributed by atoms with Crippen molar-refractivity contribution in [2.45, 2.75) is 25.4 Å². The Balaban J connectivity index is 1.89. The number of nitrogens with two attached hydrogens (primary N) is 1. The van der Waals surface area contributed by atoms with Crippen LogP contribution < -0.4 is 5.73 Å². The maximum absolute atomic E-state index is 6.05. The van der Waals surface area contributed by atoms with Gasteiger partial charge in [-0.05, 0) is 57.7 Å². The zero-order chi connectivity index (χ0) is 13.1. The van der Waals surface area contributed by atoms with Gasteiger partial charge >= 0.3 is 0 Å². The van der Waals surface area contributed by atoms with Crippen LogP contribution in [0.25, 0.3) is 0 Å². The van der Waals surface area contributed by atoms with Gasteiger partial charge in [-0.25, -0.2) is 0 Å². The fourth-order valence-corrected chi connectivity index (χ4v) is 2.72. The van der Waals surface area contributed by atoms with E-state index >= 15 is 0 Å². The first-order valence-electron chi connectivity index (χ1n) is 6.49. The summed E-state index contributed by atoms with van der Waals surface area (Å²) in [6.45, 7) is 3.29. The number of halogens is 1. The number of hydrogen-bond acceptors (Lipinski definition) is 3. The molecule has 0 saturated carbocycles. The van der Waals surface area contributed by atoms with E-state index in [2.05, 4.69) is 30.0 Å². The van der Waals surface area contributed by atoms with Gasteiger partial charge in [0.05, 0.1) is 10.7 Å². The van der Waals surface area contributed by atoms with E-state index in [-0.39, 0.29) is 0 Å². The van der Waals surface area contributed by atoms with Gasteiger partial charge in [-0.1, -0.05) is 17.7 Å². The molecule has 1 aliphatic rings. The molecular formula is C14H22ClN3. The monoisotopic (exact) mass is 267 g/mol. The van der Waals surface area contributed by atoms with Crippen molar-refractivity contribution in [2.24, 2.45) is 0 Å². The number of rotatable bonds is 3. The van der Waals surface area contributed by atoms with Crippen molar-refractivity contribution in [3.63, 3.8) is 0 Å². The maximum atomic E-state index is 6.05. The third-order valence-electron chi connectivity index (χ3n) is 3.76. The van der Waals surface area contributed by atoms with Crippen molar-refractivity contribution in [3.05, 3.63) is 28.8 Å². The van der Waals surface area contributed by atoms with E-state index in [1.807, 2.05) is 12.1 Å². The number of nitrogen functional groups attached to an aromatic ring is 1. The Labute approximate surface area is 115 Å². The molecule has 0 amide bonds. The second-order valence-electron chi connectivity index (χ2n) is 5.33. The van der Waals surface area contributed by atoms with E-state index in [4.69, 9.17) is 17.3 Å². The minimum absolute atomic E-state index is 0.659. The number of hydrogen-bond donors (Lipinski definition) is 1. The van der Waals surface area contributed by atoms with Crippen LogP contribution in [0.5, 0.6) is 0 Å². The van der Waals surface area contributed by atoms with Gasteiger partial charge in [-0.3, -0.25) is 4.90 Å². The van der Waals surface area contributed by atoms with E-state index in [1.54, 1.807) is 0 Å². The first kappa shape index (κ1) is 13.7. The van der Waals surface area contributed by atoms with Gasteiger partial charge < -0.3 is 10.6 Å². The third-order valence-corrected chi connectivity index (χ3v) is 4.09. The first-order valence-corrected chi connectivity index (χ1v) is 6.87. The quantitative estimate of drug-likeness (QED) is 0.854. The van der Waals surface area contributed by atoms with E-state index in [1.165, 1.54) is 18.4 Å². The molecule has 2 N–H and O–H groups in total. The summed E-state index contributed by atoms with van der Waals surface area (Å²) in [5.74, 6) is 0. The molecule has 1 aromatic carbocycles. The molecule has 0 radical (unpaired) electrons. The van der Waals surface area contributed by atoms with Gasteiger partial charge in [0, 0.05) is 12.6 Å². The molecule has 100 valence electrons. The molecule has 1 aromatic rings. The average molecular weight is 268 g/mol. The molecule has 0 spiro atoms. The lowest BCUT2D eigenvalue weighted by atomic mass is 10.0. The number of likely N-dealkylation sites (tertiary alicyclic amines) is 1. The van der Waals surface area contributed by atoms with Crippen LogP contribution in [0, 0.1) is 0 Å². The Kier molecular flexibility index (Phi) is 4.49. The summed E-state index contributed by atoms with van der Waals surface area (Å²) >= 11 is 6.05. The highest BCUT2D eigenvalue weighted by molar-refractivity contribution is 6.33. The summed E-state index contributed by atoms with van der Waals surface area (Å²) in [5.41, 5.74) is 7.63. The number of benzene rings is 1. The van der Waals surface area contributed by atoms with Crippen molar-refractivity contribution in [1.29, 1.82) is 0 Å². The normalized spacial score (nSPS) is 18.4. The summed E-state index contributed by atoms with van der Waals surface area (Å²) in [5, 5.41) is 0.663. The lowest BCUT2D eigenvalue weighted by molar-refractivity contribution is 0.140. The molecule has 0 aromatic heterocycles. The molecule has 0 unspecified atom stereocenters. The maximum Gasteiger partial charge on any atom is 0.0638 e. The minimum atomic E-state index is 0.659. The summed E-state index contributed by atoms with van der Waals surface area (Å²) in [6.07, 6.45) is 2.49. The first-order chi connectivity index (χ1) is 8.56. The standard InChI is InChI=1S/C14H22ClN3/c1-17(2)12-5-7-18(8-6-12)10-11-3-4-14(16)13(15)9-11/h3-4,9,12H,5-8,10,16H2,1-2H3. The average Bonchev–Trinajstić information content (AvgIpc) is 2.34. The van der Waals surface area contributed by atoms with Crippen LogP contribution in [0.2, 0.25) is 5.02 Å². The van der Waals surface area contributed by atoms with Crippen molar-refractivity contribution < 1.29 is 0 Å². The van der Waals surface area contributed by atoms with Gasteiger partial charge in [-0.15, -0.1) is 0 Å². The highest BCUT2D eigenvalue weighted by Gasteiger charge is 2.20. The zero-order valence-electron chi connectivity index (χ0n) is 11.2. The molecular weight excluding hydrogens is 246 g/mol. The van der Waals surface area contributed by atoms with Crippen molar-refractivity contribution >= 4 is 17.3 Å².